The van der Waals surface area contributed by atoms with Crippen molar-refractivity contribution in [1.82, 2.24) is 14.8 Å². The summed E-state index contributed by atoms with van der Waals surface area (Å²) in [7, 11) is 0. The largest absolute Gasteiger partial charge is 0.392 e. The quantitative estimate of drug-likeness (QED) is 0.775. The monoisotopic (exact) mass is 293 g/mol. The smallest absolute Gasteiger partial charge is 0.245 e. The van der Waals surface area contributed by atoms with Gasteiger partial charge in [-0.05, 0) is 58.3 Å². The Kier molecular flexibility index (Phi) is 5.42. The number of amides is 1. The first-order valence-electron chi connectivity index (χ1n) is 7.82. The van der Waals surface area contributed by atoms with Crippen LogP contribution in [0, 0.1) is 0 Å². The third-order valence-electron chi connectivity index (χ3n) is 4.22. The lowest BCUT2D eigenvalue weighted by molar-refractivity contribution is -0.128. The normalized spacial score (nSPS) is 20.4. The molecule has 1 unspecified atom stereocenters. The fourth-order valence-corrected chi connectivity index (χ4v) is 2.78. The van der Waals surface area contributed by atoms with Crippen LogP contribution in [0.25, 0.3) is 0 Å². The molecule has 0 spiro atoms. The summed E-state index contributed by atoms with van der Waals surface area (Å²) >= 11 is 0. The van der Waals surface area contributed by atoms with Gasteiger partial charge in [0, 0.05) is 25.5 Å². The van der Waals surface area contributed by atoms with E-state index in [2.05, 4.69) is 10.2 Å². The van der Waals surface area contributed by atoms with E-state index in [0.29, 0.717) is 6.54 Å². The number of rotatable bonds is 6. The Labute approximate surface area is 126 Å². The van der Waals surface area contributed by atoms with Crippen molar-refractivity contribution in [2.45, 2.75) is 44.8 Å². The second kappa shape index (κ2) is 7.09. The van der Waals surface area contributed by atoms with E-state index in [1.54, 1.807) is 0 Å². The van der Waals surface area contributed by atoms with Crippen molar-refractivity contribution >= 4 is 5.91 Å². The third-order valence-corrected chi connectivity index (χ3v) is 4.22. The Bertz CT molecular complexity index is 442. The van der Waals surface area contributed by atoms with E-state index >= 15 is 0 Å². The summed E-state index contributed by atoms with van der Waals surface area (Å²) in [6, 6.07) is 3.85. The number of hydrogen-bond acceptors (Lipinski definition) is 3. The number of aromatic nitrogens is 1. The Morgan fingerprint density at radius 3 is 2.76 bits per heavy atom. The van der Waals surface area contributed by atoms with Gasteiger partial charge < -0.3 is 19.9 Å². The number of β-amino-alcohol motifs (C(OH)–C–C–N with tert-alkyl or cyclic N) is 1. The number of carbonyl (C=O) groups excluding carboxylic acids is 1. The van der Waals surface area contributed by atoms with E-state index in [1.165, 1.54) is 0 Å². The molecule has 118 valence electrons. The van der Waals surface area contributed by atoms with Gasteiger partial charge in [0.05, 0.1) is 6.10 Å². The highest BCUT2D eigenvalue weighted by Crippen LogP contribution is 2.15. The highest BCUT2D eigenvalue weighted by atomic mass is 16.3. The molecule has 2 N–H and O–H groups in total. The van der Waals surface area contributed by atoms with Gasteiger partial charge in [-0.3, -0.25) is 4.79 Å². The SMILES string of the molecule is CC(C)(C(=O)NCCCN1CCCC(O)C1)n1cccc1. The summed E-state index contributed by atoms with van der Waals surface area (Å²) in [6.07, 6.45) is 6.54. The molecule has 1 fully saturated rings. The standard InChI is InChI=1S/C16H27N3O2/c1-16(2,19-11-3-4-12-19)15(21)17-8-6-10-18-9-5-7-14(20)13-18/h3-4,11-12,14,20H,5-10,13H2,1-2H3,(H,17,21). The molecule has 1 saturated heterocycles. The predicted octanol–water partition coefficient (Wildman–Crippen LogP) is 1.19. The minimum absolute atomic E-state index is 0.0392. The second-order valence-corrected chi connectivity index (χ2v) is 6.36. The molecule has 1 atom stereocenters. The summed E-state index contributed by atoms with van der Waals surface area (Å²) < 4.78 is 1.92. The molecule has 2 rings (SSSR count). The first-order chi connectivity index (χ1) is 10.00. The summed E-state index contributed by atoms with van der Waals surface area (Å²) in [4.78, 5) is 14.6. The molecule has 1 aliphatic rings. The van der Waals surface area contributed by atoms with Crippen LogP contribution in [0.3, 0.4) is 0 Å². The zero-order chi connectivity index (χ0) is 15.3. The van der Waals surface area contributed by atoms with Gasteiger partial charge in [0.25, 0.3) is 0 Å². The van der Waals surface area contributed by atoms with Crippen LogP contribution < -0.4 is 5.32 Å². The molecule has 0 aromatic carbocycles. The van der Waals surface area contributed by atoms with Crippen molar-refractivity contribution in [3.05, 3.63) is 24.5 Å². The molecule has 0 saturated carbocycles. The molecule has 0 radical (unpaired) electrons. The van der Waals surface area contributed by atoms with E-state index in [4.69, 9.17) is 0 Å². The van der Waals surface area contributed by atoms with E-state index in [9.17, 15) is 9.90 Å². The summed E-state index contributed by atoms with van der Waals surface area (Å²) in [5, 5.41) is 12.6. The Morgan fingerprint density at radius 2 is 2.10 bits per heavy atom. The van der Waals surface area contributed by atoms with Gasteiger partial charge in [0.1, 0.15) is 5.54 Å². The summed E-state index contributed by atoms with van der Waals surface area (Å²) in [5.41, 5.74) is -0.565. The highest BCUT2D eigenvalue weighted by molar-refractivity contribution is 5.83. The Balaban J connectivity index is 1.70. The first kappa shape index (κ1) is 16.0. The number of nitrogens with zero attached hydrogens (tertiary/aromatic N) is 2. The number of aliphatic hydroxyl groups excluding tert-OH is 1. The average Bonchev–Trinajstić information content (AvgIpc) is 2.98. The molecule has 0 aliphatic carbocycles. The number of carbonyl (C=O) groups is 1. The molecule has 1 aliphatic heterocycles. The van der Waals surface area contributed by atoms with Gasteiger partial charge in [-0.2, -0.15) is 0 Å². The number of hydrogen-bond donors (Lipinski definition) is 2. The molecular formula is C16H27N3O2. The van der Waals surface area contributed by atoms with Crippen molar-refractivity contribution < 1.29 is 9.90 Å². The third kappa shape index (κ3) is 4.32. The van der Waals surface area contributed by atoms with Crippen LogP contribution in [0.5, 0.6) is 0 Å². The molecule has 1 aromatic heterocycles. The zero-order valence-electron chi connectivity index (χ0n) is 13.1. The van der Waals surface area contributed by atoms with Crippen molar-refractivity contribution in [3.8, 4) is 0 Å². The van der Waals surface area contributed by atoms with Crippen molar-refractivity contribution in [2.24, 2.45) is 0 Å². The fraction of sp³-hybridized carbons (Fsp3) is 0.688. The topological polar surface area (TPSA) is 57.5 Å². The highest BCUT2D eigenvalue weighted by Gasteiger charge is 2.28. The van der Waals surface area contributed by atoms with Crippen molar-refractivity contribution in [3.63, 3.8) is 0 Å². The van der Waals surface area contributed by atoms with Crippen LogP contribution in [0.1, 0.15) is 33.1 Å². The molecule has 0 bridgehead atoms. The molecule has 1 aromatic rings. The van der Waals surface area contributed by atoms with E-state index in [1.807, 2.05) is 42.9 Å². The van der Waals surface area contributed by atoms with Crippen LogP contribution in [0.4, 0.5) is 0 Å². The van der Waals surface area contributed by atoms with Gasteiger partial charge in [-0.25, -0.2) is 0 Å². The maximum absolute atomic E-state index is 12.3. The molecule has 5 nitrogen and oxygen atoms in total. The first-order valence-corrected chi connectivity index (χ1v) is 7.82. The van der Waals surface area contributed by atoms with Crippen LogP contribution in [0.15, 0.2) is 24.5 Å². The minimum Gasteiger partial charge on any atom is -0.392 e. The maximum Gasteiger partial charge on any atom is 0.245 e. The molecular weight excluding hydrogens is 266 g/mol. The maximum atomic E-state index is 12.3. The summed E-state index contributed by atoms with van der Waals surface area (Å²) in [5.74, 6) is 0.0392. The number of nitrogens with one attached hydrogen (secondary N) is 1. The second-order valence-electron chi connectivity index (χ2n) is 6.36. The number of likely N-dealkylation sites (tertiary alicyclic amines) is 1. The van der Waals surface area contributed by atoms with Gasteiger partial charge in [-0.1, -0.05) is 0 Å². The van der Waals surface area contributed by atoms with Crippen LogP contribution in [-0.4, -0.2) is 52.8 Å². The lowest BCUT2D eigenvalue weighted by atomic mass is 10.0. The molecule has 21 heavy (non-hydrogen) atoms. The molecule has 1 amide bonds. The number of piperidine rings is 1. The van der Waals surface area contributed by atoms with Crippen LogP contribution in [0.2, 0.25) is 0 Å². The number of aliphatic hydroxyl groups is 1. The minimum atomic E-state index is -0.565. The van der Waals surface area contributed by atoms with Gasteiger partial charge >= 0.3 is 0 Å². The summed E-state index contributed by atoms with van der Waals surface area (Å²) in [6.45, 7) is 7.27. The predicted molar refractivity (Wildman–Crippen MR) is 83.1 cm³/mol. The Morgan fingerprint density at radius 1 is 1.38 bits per heavy atom. The van der Waals surface area contributed by atoms with Crippen molar-refractivity contribution in [1.29, 1.82) is 0 Å². The van der Waals surface area contributed by atoms with Crippen LogP contribution in [-0.2, 0) is 10.3 Å². The van der Waals surface area contributed by atoms with Gasteiger partial charge in [0.2, 0.25) is 5.91 Å². The van der Waals surface area contributed by atoms with Gasteiger partial charge in [0.15, 0.2) is 0 Å². The van der Waals surface area contributed by atoms with E-state index in [-0.39, 0.29) is 12.0 Å². The molecule has 5 heteroatoms. The van der Waals surface area contributed by atoms with E-state index < -0.39 is 5.54 Å². The van der Waals surface area contributed by atoms with Crippen molar-refractivity contribution in [2.75, 3.05) is 26.2 Å². The fourth-order valence-electron chi connectivity index (χ4n) is 2.78. The van der Waals surface area contributed by atoms with Crippen LogP contribution >= 0.6 is 0 Å². The lowest BCUT2D eigenvalue weighted by Gasteiger charge is -2.30. The molecule has 2 heterocycles. The Hall–Kier alpha value is -1.33. The van der Waals surface area contributed by atoms with E-state index in [0.717, 1.165) is 38.9 Å². The lowest BCUT2D eigenvalue weighted by Crippen LogP contribution is -2.45. The van der Waals surface area contributed by atoms with Gasteiger partial charge in [-0.15, -0.1) is 0 Å². The zero-order valence-corrected chi connectivity index (χ0v) is 13.1. The average molecular weight is 293 g/mol.